The van der Waals surface area contributed by atoms with Crippen molar-refractivity contribution in [1.29, 1.82) is 5.41 Å². The average molecular weight is 410 g/mol. The molecule has 0 aromatic carbocycles. The van der Waals surface area contributed by atoms with Crippen molar-refractivity contribution >= 4 is 29.8 Å². The Morgan fingerprint density at radius 1 is 1.00 bits per heavy atom. The monoisotopic (exact) mass is 410 g/mol. The van der Waals surface area contributed by atoms with Crippen molar-refractivity contribution in [3.8, 4) is 0 Å². The Kier molecular flexibility index (Phi) is 20.0. The molecule has 14 heteroatoms. The molecule has 14 nitrogen and oxygen atoms in total. The molecule has 0 amide bonds. The van der Waals surface area contributed by atoms with E-state index in [0.717, 1.165) is 0 Å². The van der Waals surface area contributed by atoms with E-state index in [2.05, 4.69) is 16.4 Å². The van der Waals surface area contributed by atoms with Gasteiger partial charge in [-0.25, -0.2) is 9.59 Å². The first-order valence-electron chi connectivity index (χ1n) is 8.07. The number of guanidine groups is 1. The number of nitrogens with two attached hydrogens (primary N) is 3. The Bertz CT molecular complexity index is 488. The Hall–Kier alpha value is -2.97. The van der Waals surface area contributed by atoms with Gasteiger partial charge in [-0.15, -0.1) is 0 Å². The number of carboxylic acids is 4. The summed E-state index contributed by atoms with van der Waals surface area (Å²) in [6, 6.07) is -2.30. The Morgan fingerprint density at radius 3 is 1.75 bits per heavy atom. The zero-order chi connectivity index (χ0) is 22.7. The van der Waals surface area contributed by atoms with Gasteiger partial charge in [-0.3, -0.25) is 20.3 Å². The number of rotatable bonds is 11. The highest BCUT2D eigenvalue weighted by Gasteiger charge is 2.23. The minimum Gasteiger partial charge on any atom is -0.480 e. The molecular formula is C14H30N6O8. The van der Waals surface area contributed by atoms with E-state index in [1.54, 1.807) is 0 Å². The molecule has 1 atom stereocenters. The van der Waals surface area contributed by atoms with E-state index in [9.17, 15) is 19.2 Å². The third-order valence-corrected chi connectivity index (χ3v) is 2.59. The van der Waals surface area contributed by atoms with Crippen molar-refractivity contribution in [3.63, 3.8) is 0 Å². The summed E-state index contributed by atoms with van der Waals surface area (Å²) in [4.78, 5) is 39.9. The molecule has 0 saturated heterocycles. The van der Waals surface area contributed by atoms with Crippen LogP contribution in [0.2, 0.25) is 0 Å². The van der Waals surface area contributed by atoms with E-state index in [1.807, 2.05) is 6.92 Å². The van der Waals surface area contributed by atoms with Crippen molar-refractivity contribution in [1.82, 2.24) is 10.6 Å². The molecule has 0 fully saturated rings. The molecule has 0 aliphatic heterocycles. The third kappa shape index (κ3) is 23.0. The van der Waals surface area contributed by atoms with Crippen LogP contribution >= 0.6 is 0 Å². The SMILES string of the molecule is CCCNC(C(=O)O)C(=O)O.N=C(N)NCCC[C@H](N)C(=O)O.NCC(=O)O. The number of hydrogen-bond acceptors (Lipinski definition) is 8. The molecule has 0 aromatic heterocycles. The molecule has 0 bridgehead atoms. The van der Waals surface area contributed by atoms with Crippen LogP contribution in [0.1, 0.15) is 26.2 Å². The second-order valence-electron chi connectivity index (χ2n) is 5.09. The summed E-state index contributed by atoms with van der Waals surface area (Å²) in [5.74, 6) is -4.79. The minimum absolute atomic E-state index is 0.112. The predicted octanol–water partition coefficient (Wildman–Crippen LogP) is -2.78. The van der Waals surface area contributed by atoms with Gasteiger partial charge in [0.15, 0.2) is 5.96 Å². The third-order valence-electron chi connectivity index (χ3n) is 2.59. The van der Waals surface area contributed by atoms with Crippen molar-refractivity contribution < 1.29 is 39.6 Å². The molecule has 0 aromatic rings. The summed E-state index contributed by atoms with van der Waals surface area (Å²) < 4.78 is 0. The van der Waals surface area contributed by atoms with E-state index in [4.69, 9.17) is 37.3 Å². The predicted molar refractivity (Wildman–Crippen MR) is 98.8 cm³/mol. The first-order chi connectivity index (χ1) is 12.9. The lowest BCUT2D eigenvalue weighted by Gasteiger charge is -2.07. The van der Waals surface area contributed by atoms with E-state index in [1.165, 1.54) is 0 Å². The lowest BCUT2D eigenvalue weighted by molar-refractivity contribution is -0.151. The van der Waals surface area contributed by atoms with Gasteiger partial charge in [0.2, 0.25) is 6.04 Å². The van der Waals surface area contributed by atoms with Crippen LogP contribution in [0.3, 0.4) is 0 Å². The molecule has 0 aliphatic carbocycles. The van der Waals surface area contributed by atoms with Crippen molar-refractivity contribution in [2.45, 2.75) is 38.3 Å². The zero-order valence-electron chi connectivity index (χ0n) is 15.6. The van der Waals surface area contributed by atoms with Gasteiger partial charge in [0, 0.05) is 6.54 Å². The number of hydrogen-bond donors (Lipinski definition) is 10. The normalized spacial score (nSPS) is 10.4. The Labute approximate surface area is 161 Å². The number of aliphatic carboxylic acids is 4. The molecule has 0 aliphatic rings. The van der Waals surface area contributed by atoms with E-state index in [0.29, 0.717) is 32.4 Å². The second-order valence-corrected chi connectivity index (χ2v) is 5.09. The molecule has 0 unspecified atom stereocenters. The van der Waals surface area contributed by atoms with Crippen LogP contribution in [0.4, 0.5) is 0 Å². The second kappa shape index (κ2) is 18.8. The summed E-state index contributed by atoms with van der Waals surface area (Å²) in [5.41, 5.74) is 14.8. The van der Waals surface area contributed by atoms with Gasteiger partial charge in [0.1, 0.15) is 6.04 Å². The van der Waals surface area contributed by atoms with Crippen LogP contribution in [-0.4, -0.2) is 82.0 Å². The van der Waals surface area contributed by atoms with Gasteiger partial charge in [-0.2, -0.15) is 0 Å². The maximum absolute atomic E-state index is 10.2. The molecule has 13 N–H and O–H groups in total. The molecule has 0 rings (SSSR count). The fourth-order valence-corrected chi connectivity index (χ4v) is 1.24. The first kappa shape index (κ1) is 29.8. The fourth-order valence-electron chi connectivity index (χ4n) is 1.24. The number of carbonyl (C=O) groups is 4. The van der Waals surface area contributed by atoms with E-state index >= 15 is 0 Å². The van der Waals surface area contributed by atoms with Gasteiger partial charge >= 0.3 is 23.9 Å². The molecule has 0 spiro atoms. The molecular weight excluding hydrogens is 380 g/mol. The molecule has 0 heterocycles. The Balaban J connectivity index is -0.000000362. The van der Waals surface area contributed by atoms with Gasteiger partial charge < -0.3 is 42.9 Å². The average Bonchev–Trinajstić information content (AvgIpc) is 2.59. The molecule has 0 radical (unpaired) electrons. The number of carboxylic acid groups (broad SMARTS) is 4. The van der Waals surface area contributed by atoms with Crippen molar-refractivity contribution in [2.75, 3.05) is 19.6 Å². The maximum atomic E-state index is 10.2. The van der Waals surface area contributed by atoms with Crippen LogP contribution in [0.15, 0.2) is 0 Å². The first-order valence-corrected chi connectivity index (χ1v) is 8.07. The highest BCUT2D eigenvalue weighted by Crippen LogP contribution is 1.92. The Morgan fingerprint density at radius 2 is 1.46 bits per heavy atom. The fraction of sp³-hybridized carbons (Fsp3) is 0.643. The molecule has 0 saturated carbocycles. The largest absolute Gasteiger partial charge is 0.480 e. The van der Waals surface area contributed by atoms with Gasteiger partial charge in [0.25, 0.3) is 0 Å². The summed E-state index contributed by atoms with van der Waals surface area (Å²) in [6.07, 6.45) is 1.68. The lowest BCUT2D eigenvalue weighted by atomic mass is 10.2. The van der Waals surface area contributed by atoms with E-state index in [-0.39, 0.29) is 12.5 Å². The quantitative estimate of drug-likeness (QED) is 0.0714. The standard InChI is InChI=1S/C6H14N4O2.C6H11NO4.C2H5NO2/c7-4(5(11)12)2-1-3-10-6(8)9;1-2-3-7-4(5(8)9)6(10)11;3-1-2(4)5/h4H,1-3,7H2,(H,11,12)(H4,8,9,10);4,7H,2-3H2,1H3,(H,8,9)(H,10,11);1,3H2,(H,4,5)/t4-;;/m0../s1. The highest BCUT2D eigenvalue weighted by molar-refractivity contribution is 5.97. The molecule has 28 heavy (non-hydrogen) atoms. The van der Waals surface area contributed by atoms with Crippen LogP contribution in [0, 0.1) is 5.41 Å². The topological polar surface area (TPSA) is 275 Å². The summed E-state index contributed by atoms with van der Waals surface area (Å²) >= 11 is 0. The minimum atomic E-state index is -1.48. The summed E-state index contributed by atoms with van der Waals surface area (Å²) in [5, 5.41) is 44.3. The zero-order valence-corrected chi connectivity index (χ0v) is 15.6. The summed E-state index contributed by atoms with van der Waals surface area (Å²) in [7, 11) is 0. The maximum Gasteiger partial charge on any atom is 0.332 e. The highest BCUT2D eigenvalue weighted by atomic mass is 16.4. The summed E-state index contributed by atoms with van der Waals surface area (Å²) in [6.45, 7) is 2.42. The van der Waals surface area contributed by atoms with Crippen LogP contribution in [0.5, 0.6) is 0 Å². The smallest absolute Gasteiger partial charge is 0.332 e. The number of nitrogens with one attached hydrogen (secondary N) is 3. The van der Waals surface area contributed by atoms with Crippen molar-refractivity contribution in [3.05, 3.63) is 0 Å². The van der Waals surface area contributed by atoms with Crippen molar-refractivity contribution in [2.24, 2.45) is 17.2 Å². The van der Waals surface area contributed by atoms with Crippen LogP contribution < -0.4 is 27.8 Å². The van der Waals surface area contributed by atoms with Gasteiger partial charge in [-0.1, -0.05) is 6.92 Å². The van der Waals surface area contributed by atoms with Gasteiger partial charge in [-0.05, 0) is 25.8 Å². The van der Waals surface area contributed by atoms with E-state index < -0.39 is 36.0 Å². The van der Waals surface area contributed by atoms with Crippen LogP contribution in [0.25, 0.3) is 0 Å². The lowest BCUT2D eigenvalue weighted by Crippen LogP contribution is -2.43. The van der Waals surface area contributed by atoms with Gasteiger partial charge in [0.05, 0.1) is 6.54 Å². The molecule has 164 valence electrons. The van der Waals surface area contributed by atoms with Crippen LogP contribution in [-0.2, 0) is 19.2 Å².